The van der Waals surface area contributed by atoms with Gasteiger partial charge in [-0.15, -0.1) is 0 Å². The fourth-order valence-electron chi connectivity index (χ4n) is 6.15. The number of halogens is 1. The van der Waals surface area contributed by atoms with Crippen LogP contribution in [0.1, 0.15) is 81.7 Å². The first-order valence-electron chi connectivity index (χ1n) is 16.7. The zero-order valence-electron chi connectivity index (χ0n) is 28.3. The Bertz CT molecular complexity index is 1910. The second kappa shape index (κ2) is 15.1. The molecule has 11 nitrogen and oxygen atoms in total. The summed E-state index contributed by atoms with van der Waals surface area (Å²) in [6, 6.07) is 15.1. The number of carbonyl (C=O) groups excluding carboxylic acids is 2. The molecule has 6 rings (SSSR count). The summed E-state index contributed by atoms with van der Waals surface area (Å²) < 4.78 is 25.7. The molecule has 3 atom stereocenters. The molecular weight excluding hydrogens is 639 g/mol. The van der Waals surface area contributed by atoms with Gasteiger partial charge in [0.15, 0.2) is 0 Å². The number of aromatic nitrogens is 3. The van der Waals surface area contributed by atoms with Crippen molar-refractivity contribution in [2.45, 2.75) is 70.4 Å². The number of likely N-dealkylation sites (tertiary alicyclic amines) is 1. The zero-order chi connectivity index (χ0) is 35.3. The van der Waals surface area contributed by atoms with Gasteiger partial charge in [0.2, 0.25) is 11.8 Å². The molecule has 2 aromatic carbocycles. The third-order valence-electron chi connectivity index (χ3n) is 8.80. The van der Waals surface area contributed by atoms with Gasteiger partial charge in [-0.2, -0.15) is 0 Å². The van der Waals surface area contributed by atoms with E-state index < -0.39 is 23.7 Å². The van der Waals surface area contributed by atoms with E-state index in [4.69, 9.17) is 8.83 Å². The number of hydrogen-bond acceptors (Lipinski definition) is 9. The fourth-order valence-corrected chi connectivity index (χ4v) is 6.15. The van der Waals surface area contributed by atoms with E-state index in [1.165, 1.54) is 32.5 Å². The number of amides is 2. The van der Waals surface area contributed by atoms with Crippen molar-refractivity contribution in [3.8, 4) is 11.5 Å². The lowest BCUT2D eigenvalue weighted by atomic mass is 9.99. The van der Waals surface area contributed by atoms with Gasteiger partial charge in [-0.3, -0.25) is 14.6 Å². The smallest absolute Gasteiger partial charge is 0.254 e. The molecule has 12 heteroatoms. The maximum absolute atomic E-state index is 14.5. The molecule has 1 saturated heterocycles. The van der Waals surface area contributed by atoms with Gasteiger partial charge < -0.3 is 29.5 Å². The molecule has 1 fully saturated rings. The number of aryl methyl sites for hydroxylation is 1. The van der Waals surface area contributed by atoms with Crippen LogP contribution in [0.3, 0.4) is 0 Å². The average molecular weight is 681 g/mol. The summed E-state index contributed by atoms with van der Waals surface area (Å²) in [5.74, 6) is -0.00656. The van der Waals surface area contributed by atoms with E-state index in [1.807, 2.05) is 37.3 Å². The Morgan fingerprint density at radius 2 is 1.88 bits per heavy atom. The largest absolute Gasteiger partial charge is 0.446 e. The summed E-state index contributed by atoms with van der Waals surface area (Å²) in [5, 5.41) is 17.6. The standard InChI is InChI=1S/C38H41FN6O5/c1-24-23-50-36(43-24)32-10-7-12-45(32)37(48)29-17-27(16-28(18-29)35-42-11-13-49-35)34(47)44-31(15-25-8-5-4-6-9-25)33(46)22-41-20-26-14-30(21-40-19-26)38(2,3)39/h4-6,8-9,11,13-14,16-19,21,23,31-33,41,46H,7,10,12,15,20,22H2,1-3H3,(H,44,47)/t31-,32+,33+/m0/s1. The van der Waals surface area contributed by atoms with E-state index in [0.717, 1.165) is 23.2 Å². The zero-order valence-corrected chi connectivity index (χ0v) is 28.3. The quantitative estimate of drug-likeness (QED) is 0.142. The first kappa shape index (κ1) is 34.7. The van der Waals surface area contributed by atoms with Gasteiger partial charge in [0.05, 0.1) is 24.0 Å². The maximum Gasteiger partial charge on any atom is 0.254 e. The lowest BCUT2D eigenvalue weighted by Gasteiger charge is -2.26. The lowest BCUT2D eigenvalue weighted by molar-refractivity contribution is 0.0715. The number of hydrogen-bond donors (Lipinski definition) is 3. The van der Waals surface area contributed by atoms with Crippen molar-refractivity contribution in [2.24, 2.45) is 0 Å². The average Bonchev–Trinajstić information content (AvgIpc) is 3.90. The predicted octanol–water partition coefficient (Wildman–Crippen LogP) is 5.71. The number of oxazole rings is 2. The molecule has 3 N–H and O–H groups in total. The van der Waals surface area contributed by atoms with Crippen LogP contribution in [0.25, 0.3) is 11.5 Å². The Labute approximate surface area is 290 Å². The van der Waals surface area contributed by atoms with Crippen molar-refractivity contribution in [1.29, 1.82) is 0 Å². The summed E-state index contributed by atoms with van der Waals surface area (Å²) in [6.45, 7) is 5.78. The number of aliphatic hydroxyl groups excluding tert-OH is 1. The Kier molecular flexibility index (Phi) is 10.5. The van der Waals surface area contributed by atoms with Crippen molar-refractivity contribution >= 4 is 11.8 Å². The monoisotopic (exact) mass is 680 g/mol. The molecule has 5 aromatic rings. The molecule has 0 radical (unpaired) electrons. The number of pyridine rings is 1. The summed E-state index contributed by atoms with van der Waals surface area (Å²) in [6.07, 6.45) is 8.48. The normalized spacial score (nSPS) is 15.9. The first-order chi connectivity index (χ1) is 24.0. The molecule has 1 aliphatic heterocycles. The van der Waals surface area contributed by atoms with Gasteiger partial charge in [-0.1, -0.05) is 30.3 Å². The van der Waals surface area contributed by atoms with E-state index in [-0.39, 0.29) is 35.5 Å². The molecule has 0 bridgehead atoms. The van der Waals surface area contributed by atoms with E-state index in [2.05, 4.69) is 25.6 Å². The molecule has 1 aliphatic rings. The second-order valence-corrected chi connectivity index (χ2v) is 13.1. The van der Waals surface area contributed by atoms with Gasteiger partial charge in [0, 0.05) is 54.3 Å². The Balaban J connectivity index is 1.23. The van der Waals surface area contributed by atoms with Crippen LogP contribution in [0.15, 0.2) is 94.5 Å². The van der Waals surface area contributed by atoms with Crippen LogP contribution >= 0.6 is 0 Å². The Morgan fingerprint density at radius 1 is 1.08 bits per heavy atom. The molecule has 3 aromatic heterocycles. The van der Waals surface area contributed by atoms with Crippen LogP contribution in [0.4, 0.5) is 4.39 Å². The van der Waals surface area contributed by atoms with E-state index in [1.54, 1.807) is 41.6 Å². The number of benzene rings is 2. The van der Waals surface area contributed by atoms with Crippen LogP contribution in [0.5, 0.6) is 0 Å². The van der Waals surface area contributed by atoms with Crippen LogP contribution in [-0.4, -0.2) is 62.0 Å². The van der Waals surface area contributed by atoms with Crippen LogP contribution in [0, 0.1) is 6.92 Å². The highest BCUT2D eigenvalue weighted by molar-refractivity contribution is 6.01. The van der Waals surface area contributed by atoms with Crippen LogP contribution in [-0.2, 0) is 18.6 Å². The predicted molar refractivity (Wildman–Crippen MR) is 184 cm³/mol. The highest BCUT2D eigenvalue weighted by Gasteiger charge is 2.34. The van der Waals surface area contributed by atoms with Gasteiger partial charge >= 0.3 is 0 Å². The molecular formula is C38H41FN6O5. The SMILES string of the molecule is Cc1coc([C@H]2CCCN2C(=O)c2cc(C(=O)N[C@@H](Cc3ccccc3)[C@H](O)CNCc3cncc(C(C)(C)F)c3)cc(-c3ncco3)c2)n1. The molecule has 0 aliphatic carbocycles. The highest BCUT2D eigenvalue weighted by Crippen LogP contribution is 2.33. The minimum absolute atomic E-state index is 0.137. The van der Waals surface area contributed by atoms with Gasteiger partial charge in [-0.25, -0.2) is 14.4 Å². The third kappa shape index (κ3) is 8.32. The molecule has 260 valence electrons. The summed E-state index contributed by atoms with van der Waals surface area (Å²) in [7, 11) is 0. The Morgan fingerprint density at radius 3 is 2.60 bits per heavy atom. The van der Waals surface area contributed by atoms with E-state index in [9.17, 15) is 19.1 Å². The highest BCUT2D eigenvalue weighted by atomic mass is 19.1. The van der Waals surface area contributed by atoms with Gasteiger partial charge in [0.1, 0.15) is 24.2 Å². The lowest BCUT2D eigenvalue weighted by Crippen LogP contribution is -2.48. The van der Waals surface area contributed by atoms with E-state index >= 15 is 0 Å². The molecule has 0 spiro atoms. The van der Waals surface area contributed by atoms with Crippen molar-refractivity contribution < 1.29 is 27.9 Å². The Hall–Kier alpha value is -5.20. The maximum atomic E-state index is 14.5. The number of alkyl halides is 1. The van der Waals surface area contributed by atoms with Crippen molar-refractivity contribution in [3.05, 3.63) is 125 Å². The van der Waals surface area contributed by atoms with Gasteiger partial charge in [-0.05, 0) is 75.4 Å². The topological polar surface area (TPSA) is 147 Å². The summed E-state index contributed by atoms with van der Waals surface area (Å²) in [5.41, 5.74) is 2.31. The molecule has 0 saturated carbocycles. The van der Waals surface area contributed by atoms with Gasteiger partial charge in [0.25, 0.3) is 11.8 Å². The number of carbonyl (C=O) groups is 2. The van der Waals surface area contributed by atoms with Crippen molar-refractivity contribution in [3.63, 3.8) is 0 Å². The molecule has 4 heterocycles. The molecule has 50 heavy (non-hydrogen) atoms. The summed E-state index contributed by atoms with van der Waals surface area (Å²) >= 11 is 0. The number of aliphatic hydroxyl groups is 1. The minimum atomic E-state index is -1.53. The van der Waals surface area contributed by atoms with Crippen molar-refractivity contribution in [2.75, 3.05) is 13.1 Å². The number of rotatable bonds is 13. The van der Waals surface area contributed by atoms with Crippen LogP contribution < -0.4 is 10.6 Å². The molecule has 0 unspecified atom stereocenters. The fraction of sp³-hybridized carbons (Fsp3) is 0.342. The van der Waals surface area contributed by atoms with Crippen LogP contribution in [0.2, 0.25) is 0 Å². The number of nitrogens with one attached hydrogen (secondary N) is 2. The second-order valence-electron chi connectivity index (χ2n) is 13.1. The number of nitrogens with zero attached hydrogens (tertiary/aromatic N) is 4. The van der Waals surface area contributed by atoms with E-state index in [0.29, 0.717) is 42.9 Å². The third-order valence-corrected chi connectivity index (χ3v) is 8.80. The summed E-state index contributed by atoms with van der Waals surface area (Å²) in [4.78, 5) is 42.6. The molecule has 2 amide bonds. The van der Waals surface area contributed by atoms with Crippen molar-refractivity contribution in [1.82, 2.24) is 30.5 Å². The first-order valence-corrected chi connectivity index (χ1v) is 16.7. The minimum Gasteiger partial charge on any atom is -0.446 e.